The average molecular weight is 537 g/mol. The van der Waals surface area contributed by atoms with Gasteiger partial charge in [-0.2, -0.15) is 0 Å². The number of hydrogen-bond donors (Lipinski definition) is 1. The maximum Gasteiger partial charge on any atom is 0.293 e. The fourth-order valence-electron chi connectivity index (χ4n) is 3.23. The number of halogens is 1. The van der Waals surface area contributed by atoms with Crippen molar-refractivity contribution in [3.05, 3.63) is 98.9 Å². The third-order valence-electron chi connectivity index (χ3n) is 5.04. The molecule has 0 aromatic heterocycles. The number of imide groups is 1. The summed E-state index contributed by atoms with van der Waals surface area (Å²) in [6.45, 7) is 2.06. The quantitative estimate of drug-likeness (QED) is 0.374. The smallest absolute Gasteiger partial charge is 0.293 e. The number of nitrogens with one attached hydrogen (secondary N) is 1. The number of hydrogen-bond acceptors (Lipinski definition) is 5. The van der Waals surface area contributed by atoms with Crippen LogP contribution in [0.3, 0.4) is 0 Å². The predicted molar refractivity (Wildman–Crippen MR) is 137 cm³/mol. The molecule has 3 amide bonds. The van der Waals surface area contributed by atoms with Crippen molar-refractivity contribution in [2.24, 2.45) is 0 Å². The Morgan fingerprint density at radius 1 is 1.03 bits per heavy atom. The van der Waals surface area contributed by atoms with Crippen LogP contribution in [-0.2, 0) is 16.1 Å². The number of anilines is 1. The highest BCUT2D eigenvalue weighted by Crippen LogP contribution is 2.34. The van der Waals surface area contributed by atoms with Gasteiger partial charge in [0.2, 0.25) is 0 Å². The summed E-state index contributed by atoms with van der Waals surface area (Å²) < 4.78 is 6.40. The zero-order chi connectivity index (χ0) is 24.1. The molecule has 0 radical (unpaired) electrons. The summed E-state index contributed by atoms with van der Waals surface area (Å²) in [7, 11) is 0. The molecule has 1 saturated heterocycles. The Bertz CT molecular complexity index is 1260. The molecule has 4 rings (SSSR count). The second-order valence-electron chi connectivity index (χ2n) is 7.63. The van der Waals surface area contributed by atoms with Crippen molar-refractivity contribution >= 4 is 56.5 Å². The highest BCUT2D eigenvalue weighted by molar-refractivity contribution is 9.10. The fourth-order valence-corrected chi connectivity index (χ4v) is 4.48. The SMILES string of the molecule is Cc1ccc(NC(=O)COc2ccc(/C=C3/SC(=O)N(Cc4ccccc4Br)C3=O)cc2)cc1. The number of aryl methyl sites for hydroxylation is 1. The number of thioether (sulfide) groups is 1. The van der Waals surface area contributed by atoms with Crippen LogP contribution in [0, 0.1) is 6.92 Å². The summed E-state index contributed by atoms with van der Waals surface area (Å²) in [5.74, 6) is -0.0521. The van der Waals surface area contributed by atoms with Gasteiger partial charge in [0.05, 0.1) is 11.4 Å². The molecule has 0 spiro atoms. The number of ether oxygens (including phenoxy) is 1. The summed E-state index contributed by atoms with van der Waals surface area (Å²) in [4.78, 5) is 38.9. The van der Waals surface area contributed by atoms with Gasteiger partial charge >= 0.3 is 0 Å². The Morgan fingerprint density at radius 2 is 1.74 bits per heavy atom. The van der Waals surface area contributed by atoms with Crippen LogP contribution in [0.15, 0.2) is 82.2 Å². The van der Waals surface area contributed by atoms with Crippen LogP contribution in [0.5, 0.6) is 5.75 Å². The predicted octanol–water partition coefficient (Wildman–Crippen LogP) is 6.01. The van der Waals surface area contributed by atoms with Crippen molar-refractivity contribution in [2.75, 3.05) is 11.9 Å². The molecular formula is C26H21BrN2O4S. The third-order valence-corrected chi connectivity index (χ3v) is 6.72. The van der Waals surface area contributed by atoms with Gasteiger partial charge in [0.25, 0.3) is 17.1 Å². The van der Waals surface area contributed by atoms with Gasteiger partial charge in [0.15, 0.2) is 6.61 Å². The Hall–Kier alpha value is -3.36. The van der Waals surface area contributed by atoms with E-state index in [0.717, 1.165) is 32.9 Å². The lowest BCUT2D eigenvalue weighted by Crippen LogP contribution is -2.27. The molecular weight excluding hydrogens is 516 g/mol. The van der Waals surface area contributed by atoms with Crippen molar-refractivity contribution in [2.45, 2.75) is 13.5 Å². The number of nitrogens with zero attached hydrogens (tertiary/aromatic N) is 1. The van der Waals surface area contributed by atoms with Gasteiger partial charge < -0.3 is 10.1 Å². The minimum absolute atomic E-state index is 0.124. The zero-order valence-corrected chi connectivity index (χ0v) is 20.7. The molecule has 0 bridgehead atoms. The van der Waals surface area contributed by atoms with Gasteiger partial charge in [0, 0.05) is 10.2 Å². The van der Waals surface area contributed by atoms with E-state index in [0.29, 0.717) is 16.3 Å². The Kier molecular flexibility index (Phi) is 7.49. The van der Waals surface area contributed by atoms with Crippen LogP contribution in [0.4, 0.5) is 10.5 Å². The number of benzene rings is 3. The largest absolute Gasteiger partial charge is 0.484 e. The van der Waals surface area contributed by atoms with Crippen LogP contribution in [-0.4, -0.2) is 28.6 Å². The zero-order valence-electron chi connectivity index (χ0n) is 18.3. The molecule has 1 aliphatic rings. The van der Waals surface area contributed by atoms with E-state index in [9.17, 15) is 14.4 Å². The molecule has 34 heavy (non-hydrogen) atoms. The first-order valence-electron chi connectivity index (χ1n) is 10.5. The van der Waals surface area contributed by atoms with Gasteiger partial charge in [-0.05, 0) is 66.2 Å². The lowest BCUT2D eigenvalue weighted by atomic mass is 10.2. The number of carbonyl (C=O) groups is 3. The molecule has 0 aliphatic carbocycles. The van der Waals surface area contributed by atoms with E-state index in [4.69, 9.17) is 4.74 Å². The molecule has 3 aromatic rings. The van der Waals surface area contributed by atoms with Crippen LogP contribution in [0.1, 0.15) is 16.7 Å². The van der Waals surface area contributed by atoms with Crippen molar-refractivity contribution in [1.29, 1.82) is 0 Å². The highest BCUT2D eigenvalue weighted by atomic mass is 79.9. The molecule has 8 heteroatoms. The Balaban J connectivity index is 1.34. The molecule has 0 atom stereocenters. The first-order chi connectivity index (χ1) is 16.4. The van der Waals surface area contributed by atoms with Crippen molar-refractivity contribution in [3.63, 3.8) is 0 Å². The molecule has 6 nitrogen and oxygen atoms in total. The average Bonchev–Trinajstić information content (AvgIpc) is 3.09. The second-order valence-corrected chi connectivity index (χ2v) is 9.48. The molecule has 0 saturated carbocycles. The Morgan fingerprint density at radius 3 is 2.44 bits per heavy atom. The van der Waals surface area contributed by atoms with E-state index >= 15 is 0 Å². The first-order valence-corrected chi connectivity index (χ1v) is 12.1. The molecule has 172 valence electrons. The number of carbonyl (C=O) groups excluding carboxylic acids is 3. The molecule has 1 N–H and O–H groups in total. The van der Waals surface area contributed by atoms with E-state index in [2.05, 4.69) is 21.2 Å². The summed E-state index contributed by atoms with van der Waals surface area (Å²) >= 11 is 4.37. The summed E-state index contributed by atoms with van der Waals surface area (Å²) in [5.41, 5.74) is 3.44. The standard InChI is InChI=1S/C26H21BrN2O4S/c1-17-6-10-20(11-7-17)28-24(30)16-33-21-12-8-18(9-13-21)14-23-25(31)29(26(32)34-23)15-19-4-2-3-5-22(19)27/h2-14H,15-16H2,1H3,(H,28,30)/b23-14+. The maximum absolute atomic E-state index is 12.8. The molecule has 0 unspecified atom stereocenters. The highest BCUT2D eigenvalue weighted by Gasteiger charge is 2.35. The summed E-state index contributed by atoms with van der Waals surface area (Å²) in [6.07, 6.45) is 1.68. The molecule has 1 heterocycles. The van der Waals surface area contributed by atoms with Crippen LogP contribution in [0.25, 0.3) is 6.08 Å². The number of amides is 3. The fraction of sp³-hybridized carbons (Fsp3) is 0.115. The minimum atomic E-state index is -0.321. The van der Waals surface area contributed by atoms with Gasteiger partial charge in [-0.25, -0.2) is 0 Å². The molecule has 1 fully saturated rings. The van der Waals surface area contributed by atoms with Gasteiger partial charge in [-0.3, -0.25) is 19.3 Å². The van der Waals surface area contributed by atoms with Crippen LogP contribution >= 0.6 is 27.7 Å². The van der Waals surface area contributed by atoms with E-state index in [1.807, 2.05) is 55.5 Å². The summed E-state index contributed by atoms with van der Waals surface area (Å²) in [6, 6.07) is 22.0. The van der Waals surface area contributed by atoms with Crippen molar-refractivity contribution in [1.82, 2.24) is 4.90 Å². The monoisotopic (exact) mass is 536 g/mol. The van der Waals surface area contributed by atoms with E-state index in [1.54, 1.807) is 30.3 Å². The first kappa shape index (κ1) is 23.8. The third kappa shape index (κ3) is 5.95. The van der Waals surface area contributed by atoms with Gasteiger partial charge in [-0.1, -0.05) is 64.0 Å². The van der Waals surface area contributed by atoms with Crippen LogP contribution in [0.2, 0.25) is 0 Å². The maximum atomic E-state index is 12.8. The van der Waals surface area contributed by atoms with Crippen LogP contribution < -0.4 is 10.1 Å². The minimum Gasteiger partial charge on any atom is -0.484 e. The second kappa shape index (κ2) is 10.7. The topological polar surface area (TPSA) is 75.7 Å². The summed E-state index contributed by atoms with van der Waals surface area (Å²) in [5, 5.41) is 2.48. The molecule has 3 aromatic carbocycles. The molecule has 1 aliphatic heterocycles. The lowest BCUT2D eigenvalue weighted by molar-refractivity contribution is -0.123. The van der Waals surface area contributed by atoms with E-state index in [-0.39, 0.29) is 30.2 Å². The van der Waals surface area contributed by atoms with E-state index in [1.165, 1.54) is 4.90 Å². The normalized spacial score (nSPS) is 14.5. The van der Waals surface area contributed by atoms with Crippen molar-refractivity contribution in [3.8, 4) is 5.75 Å². The van der Waals surface area contributed by atoms with Gasteiger partial charge in [-0.15, -0.1) is 0 Å². The van der Waals surface area contributed by atoms with Gasteiger partial charge in [0.1, 0.15) is 5.75 Å². The lowest BCUT2D eigenvalue weighted by Gasteiger charge is -2.13. The number of rotatable bonds is 7. The Labute approximate surface area is 210 Å². The van der Waals surface area contributed by atoms with E-state index < -0.39 is 0 Å². The van der Waals surface area contributed by atoms with Crippen molar-refractivity contribution < 1.29 is 19.1 Å².